The first-order valence-corrected chi connectivity index (χ1v) is 13.4. The Labute approximate surface area is 236 Å². The molecule has 1 amide bonds. The van der Waals surface area contributed by atoms with Gasteiger partial charge in [0.2, 0.25) is 5.75 Å². The van der Waals surface area contributed by atoms with E-state index in [2.05, 4.69) is 0 Å². The Hall–Kier alpha value is -3.72. The van der Waals surface area contributed by atoms with Crippen molar-refractivity contribution >= 4 is 17.4 Å². The van der Waals surface area contributed by atoms with Gasteiger partial charge in [-0.3, -0.25) is 9.59 Å². The number of benzene rings is 2. The van der Waals surface area contributed by atoms with Crippen molar-refractivity contribution in [2.45, 2.75) is 59.1 Å². The number of amides is 1. The molecule has 0 aliphatic carbocycles. The van der Waals surface area contributed by atoms with Gasteiger partial charge in [0.15, 0.2) is 11.5 Å². The summed E-state index contributed by atoms with van der Waals surface area (Å²) in [5.41, 5.74) is 1.44. The minimum Gasteiger partial charge on any atom is -0.507 e. The van der Waals surface area contributed by atoms with Gasteiger partial charge in [-0.05, 0) is 62.1 Å². The minimum atomic E-state index is -0.922. The Balaban J connectivity index is 2.27. The van der Waals surface area contributed by atoms with Gasteiger partial charge in [-0.15, -0.1) is 0 Å². The maximum atomic E-state index is 13.5. The van der Waals surface area contributed by atoms with Crippen molar-refractivity contribution in [3.63, 3.8) is 0 Å². The van der Waals surface area contributed by atoms with Gasteiger partial charge in [-0.2, -0.15) is 0 Å². The lowest BCUT2D eigenvalue weighted by Gasteiger charge is -2.27. The van der Waals surface area contributed by atoms with Crippen LogP contribution in [0.5, 0.6) is 23.0 Å². The summed E-state index contributed by atoms with van der Waals surface area (Å²) in [5.74, 6) is -0.0114. The number of aliphatic hydroxyl groups excluding tert-OH is 1. The van der Waals surface area contributed by atoms with Gasteiger partial charge in [0.1, 0.15) is 11.5 Å². The highest BCUT2D eigenvalue weighted by Gasteiger charge is 2.46. The molecular formula is C31H41NO8. The van der Waals surface area contributed by atoms with E-state index in [4.69, 9.17) is 23.7 Å². The van der Waals surface area contributed by atoms with E-state index in [0.717, 1.165) is 5.56 Å². The van der Waals surface area contributed by atoms with E-state index in [1.165, 1.54) is 26.2 Å². The van der Waals surface area contributed by atoms with Gasteiger partial charge in [0, 0.05) is 17.7 Å². The molecule has 1 unspecified atom stereocenters. The van der Waals surface area contributed by atoms with Crippen LogP contribution in [-0.2, 0) is 19.7 Å². The molecule has 1 fully saturated rings. The molecule has 1 heterocycles. The number of nitrogens with zero attached hydrogens (tertiary/aromatic N) is 1. The van der Waals surface area contributed by atoms with Crippen molar-refractivity contribution in [1.29, 1.82) is 0 Å². The molecule has 1 N–H and O–H groups in total. The Morgan fingerprint density at radius 2 is 1.60 bits per heavy atom. The average Bonchev–Trinajstić information content (AvgIpc) is 3.16. The minimum absolute atomic E-state index is 0.0344. The second kappa shape index (κ2) is 12.6. The summed E-state index contributed by atoms with van der Waals surface area (Å²) >= 11 is 0. The van der Waals surface area contributed by atoms with E-state index < -0.39 is 17.7 Å². The van der Waals surface area contributed by atoms with Crippen molar-refractivity contribution in [2.75, 3.05) is 41.1 Å². The Kier molecular flexibility index (Phi) is 9.73. The molecule has 2 aromatic rings. The zero-order valence-corrected chi connectivity index (χ0v) is 24.9. The van der Waals surface area contributed by atoms with Crippen molar-refractivity contribution in [3.8, 4) is 23.0 Å². The predicted molar refractivity (Wildman–Crippen MR) is 153 cm³/mol. The van der Waals surface area contributed by atoms with Crippen LogP contribution >= 0.6 is 0 Å². The largest absolute Gasteiger partial charge is 0.507 e. The predicted octanol–water partition coefficient (Wildman–Crippen LogP) is 5.26. The molecule has 0 aromatic heterocycles. The molecule has 1 aliphatic rings. The van der Waals surface area contributed by atoms with Gasteiger partial charge in [-0.25, -0.2) is 0 Å². The first-order valence-electron chi connectivity index (χ1n) is 13.4. The molecule has 0 saturated carbocycles. The van der Waals surface area contributed by atoms with Crippen LogP contribution in [0.15, 0.2) is 35.9 Å². The molecule has 9 heteroatoms. The monoisotopic (exact) mass is 555 g/mol. The molecule has 3 rings (SSSR count). The maximum Gasteiger partial charge on any atom is 0.295 e. The van der Waals surface area contributed by atoms with Gasteiger partial charge >= 0.3 is 0 Å². The topological polar surface area (TPSA) is 104 Å². The van der Waals surface area contributed by atoms with E-state index >= 15 is 0 Å². The molecule has 0 spiro atoms. The van der Waals surface area contributed by atoms with Gasteiger partial charge in [0.25, 0.3) is 11.7 Å². The summed E-state index contributed by atoms with van der Waals surface area (Å²) in [5, 5.41) is 11.7. The van der Waals surface area contributed by atoms with Crippen LogP contribution < -0.4 is 18.9 Å². The number of Topliss-reactive ketones (excluding diaryl/α,β-unsaturated/α-hetero) is 1. The third-order valence-corrected chi connectivity index (χ3v) is 6.69. The average molecular weight is 556 g/mol. The zero-order chi connectivity index (χ0) is 29.8. The molecule has 218 valence electrons. The van der Waals surface area contributed by atoms with Crippen LogP contribution in [0.2, 0.25) is 0 Å². The summed E-state index contributed by atoms with van der Waals surface area (Å²) in [7, 11) is 4.47. The number of hydrogen-bond acceptors (Lipinski definition) is 8. The van der Waals surface area contributed by atoms with E-state index in [0.29, 0.717) is 40.7 Å². The van der Waals surface area contributed by atoms with Crippen LogP contribution in [0.3, 0.4) is 0 Å². The normalized spacial score (nSPS) is 16.9. The molecule has 1 atom stereocenters. The van der Waals surface area contributed by atoms with Crippen LogP contribution in [0, 0.1) is 0 Å². The van der Waals surface area contributed by atoms with Crippen molar-refractivity contribution in [3.05, 3.63) is 52.6 Å². The number of likely N-dealkylation sites (tertiary alicyclic amines) is 1. The van der Waals surface area contributed by atoms with Gasteiger partial charge in [-0.1, -0.05) is 20.8 Å². The summed E-state index contributed by atoms with van der Waals surface area (Å²) in [6.45, 7) is 12.6. The third-order valence-electron chi connectivity index (χ3n) is 6.69. The van der Waals surface area contributed by atoms with Crippen LogP contribution in [0.1, 0.15) is 64.3 Å². The third kappa shape index (κ3) is 6.20. The number of carbonyl (C=O) groups excluding carboxylic acids is 2. The number of ketones is 1. The molecular weight excluding hydrogens is 514 g/mol. The van der Waals surface area contributed by atoms with Crippen LogP contribution in [0.25, 0.3) is 5.76 Å². The standard InChI is InChI=1S/C31H41NO8/c1-10-39-22-12-11-19(15-21(22)31(4,5)6)27(33)25-26(32(30(35)28(25)34)13-14-40-18(2)3)20-16-23(36-7)29(38-9)24(17-20)37-8/h11-12,15-18,26,33H,10,13-14H2,1-9H3/b27-25+. The SMILES string of the molecule is CCOc1ccc(/C(O)=C2\C(=O)C(=O)N(CCOC(C)C)C2c2cc(OC)c(OC)c(OC)c2)cc1C(C)(C)C. The molecule has 1 saturated heterocycles. The second-order valence-corrected chi connectivity index (χ2v) is 10.8. The number of ether oxygens (including phenoxy) is 5. The summed E-state index contributed by atoms with van der Waals surface area (Å²) in [6.07, 6.45) is -0.0591. The second-order valence-electron chi connectivity index (χ2n) is 10.8. The Bertz CT molecular complexity index is 1250. The first-order chi connectivity index (χ1) is 18.9. The maximum absolute atomic E-state index is 13.5. The van der Waals surface area contributed by atoms with E-state index in [-0.39, 0.29) is 36.0 Å². The van der Waals surface area contributed by atoms with E-state index in [9.17, 15) is 14.7 Å². The highest BCUT2D eigenvalue weighted by Crippen LogP contribution is 2.46. The van der Waals surface area contributed by atoms with Crippen molar-refractivity contribution in [2.24, 2.45) is 0 Å². The van der Waals surface area contributed by atoms with Crippen molar-refractivity contribution < 1.29 is 38.4 Å². The Morgan fingerprint density at radius 1 is 0.975 bits per heavy atom. The zero-order valence-electron chi connectivity index (χ0n) is 24.9. The number of methoxy groups -OCH3 is 3. The smallest absolute Gasteiger partial charge is 0.295 e. The van der Waals surface area contributed by atoms with Gasteiger partial charge < -0.3 is 33.7 Å². The van der Waals surface area contributed by atoms with Gasteiger partial charge in [0.05, 0.1) is 52.3 Å². The lowest BCUT2D eigenvalue weighted by atomic mass is 9.84. The fourth-order valence-electron chi connectivity index (χ4n) is 4.80. The highest BCUT2D eigenvalue weighted by atomic mass is 16.5. The molecule has 1 aliphatic heterocycles. The number of carbonyl (C=O) groups is 2. The van der Waals surface area contributed by atoms with Crippen molar-refractivity contribution in [1.82, 2.24) is 4.90 Å². The number of rotatable bonds is 11. The summed E-state index contributed by atoms with van der Waals surface area (Å²) in [6, 6.07) is 7.72. The Morgan fingerprint density at radius 3 is 2.10 bits per heavy atom. The summed E-state index contributed by atoms with van der Waals surface area (Å²) in [4.78, 5) is 28.3. The van der Waals surface area contributed by atoms with Crippen LogP contribution in [0.4, 0.5) is 0 Å². The lowest BCUT2D eigenvalue weighted by Crippen LogP contribution is -2.33. The lowest BCUT2D eigenvalue weighted by molar-refractivity contribution is -0.140. The van der Waals surface area contributed by atoms with Crippen LogP contribution in [-0.4, -0.2) is 68.9 Å². The molecule has 0 bridgehead atoms. The number of aliphatic hydroxyl groups is 1. The molecule has 0 radical (unpaired) electrons. The number of hydrogen-bond donors (Lipinski definition) is 1. The fourth-order valence-corrected chi connectivity index (χ4v) is 4.80. The molecule has 2 aromatic carbocycles. The highest BCUT2D eigenvalue weighted by molar-refractivity contribution is 6.46. The summed E-state index contributed by atoms with van der Waals surface area (Å²) < 4.78 is 28.1. The molecule has 9 nitrogen and oxygen atoms in total. The fraction of sp³-hybridized carbons (Fsp3) is 0.484. The first kappa shape index (κ1) is 30.8. The quantitative estimate of drug-likeness (QED) is 0.228. The van der Waals surface area contributed by atoms with E-state index in [1.54, 1.807) is 24.3 Å². The molecule has 40 heavy (non-hydrogen) atoms. The van der Waals surface area contributed by atoms with E-state index in [1.807, 2.05) is 47.6 Å².